The molecule has 0 aliphatic rings. The Labute approximate surface area is 245 Å². The minimum atomic E-state index is -4.61. The van der Waals surface area contributed by atoms with Crippen LogP contribution < -0.4 is 4.73 Å². The molecule has 0 amide bonds. The summed E-state index contributed by atoms with van der Waals surface area (Å²) >= 11 is 6.07. The lowest BCUT2D eigenvalue weighted by atomic mass is 10.0. The highest BCUT2D eigenvalue weighted by atomic mass is 35.5. The smallest absolute Gasteiger partial charge is 0.433 e. The summed E-state index contributed by atoms with van der Waals surface area (Å²) in [4.78, 5) is 3.41. The number of halogens is 5. The molecule has 0 saturated heterocycles. The molecule has 0 spiro atoms. The first-order valence-electron chi connectivity index (χ1n) is 12.6. The quantitative estimate of drug-likeness (QED) is 0.147. The summed E-state index contributed by atoms with van der Waals surface area (Å²) in [6.45, 7) is 0. The molecular formula is C27H19ClF4N10O. The fraction of sp³-hybridized carbons (Fsp3) is 0.148. The predicted molar refractivity (Wildman–Crippen MR) is 144 cm³/mol. The van der Waals surface area contributed by atoms with Gasteiger partial charge in [-0.05, 0) is 52.4 Å². The molecule has 0 aliphatic carbocycles. The van der Waals surface area contributed by atoms with Crippen molar-refractivity contribution in [2.75, 3.05) is 0 Å². The summed E-state index contributed by atoms with van der Waals surface area (Å²) in [7, 11) is 1.75. The van der Waals surface area contributed by atoms with Gasteiger partial charge in [-0.3, -0.25) is 14.3 Å². The minimum absolute atomic E-state index is 0.0109. The van der Waals surface area contributed by atoms with E-state index in [1.54, 1.807) is 36.3 Å². The van der Waals surface area contributed by atoms with Crippen LogP contribution in [0.25, 0.3) is 27.9 Å². The molecule has 1 aromatic carbocycles. The highest BCUT2D eigenvalue weighted by Crippen LogP contribution is 2.34. The molecule has 0 fully saturated rings. The van der Waals surface area contributed by atoms with Gasteiger partial charge >= 0.3 is 6.18 Å². The summed E-state index contributed by atoms with van der Waals surface area (Å²) in [6.07, 6.45) is 3.85. The van der Waals surface area contributed by atoms with Gasteiger partial charge in [0.15, 0.2) is 12.0 Å². The van der Waals surface area contributed by atoms with Gasteiger partial charge in [-0.25, -0.2) is 4.39 Å². The van der Waals surface area contributed by atoms with Crippen molar-refractivity contribution in [2.45, 2.75) is 18.6 Å². The van der Waals surface area contributed by atoms with Crippen molar-refractivity contribution in [3.8, 4) is 27.9 Å². The van der Waals surface area contributed by atoms with Gasteiger partial charge in [-0.1, -0.05) is 11.6 Å². The summed E-state index contributed by atoms with van der Waals surface area (Å²) in [5.74, 6) is -0.764. The van der Waals surface area contributed by atoms with Crippen LogP contribution in [0.5, 0.6) is 0 Å². The molecule has 218 valence electrons. The van der Waals surface area contributed by atoms with Gasteiger partial charge in [0.25, 0.3) is 0 Å². The number of alkyl halides is 3. The molecule has 5 aromatic heterocycles. The Morgan fingerprint density at radius 2 is 1.91 bits per heavy atom. The van der Waals surface area contributed by atoms with Crippen molar-refractivity contribution in [1.29, 1.82) is 0 Å². The number of aromatic nitrogens is 10. The molecule has 0 N–H and O–H groups in total. The third kappa shape index (κ3) is 5.53. The van der Waals surface area contributed by atoms with Crippen LogP contribution in [0.1, 0.15) is 23.1 Å². The van der Waals surface area contributed by atoms with Gasteiger partial charge in [0.2, 0.25) is 5.69 Å². The Hall–Kier alpha value is -5.18. The maximum absolute atomic E-state index is 15.3. The fourth-order valence-corrected chi connectivity index (χ4v) is 4.86. The van der Waals surface area contributed by atoms with E-state index in [1.165, 1.54) is 52.4 Å². The van der Waals surface area contributed by atoms with E-state index < -0.39 is 23.7 Å². The largest absolute Gasteiger partial charge is 0.618 e. The third-order valence-corrected chi connectivity index (χ3v) is 7.01. The monoisotopic (exact) mass is 610 g/mol. The zero-order chi connectivity index (χ0) is 30.3. The third-order valence-electron chi connectivity index (χ3n) is 6.72. The average molecular weight is 611 g/mol. The normalized spacial score (nSPS) is 12.5. The van der Waals surface area contributed by atoms with E-state index in [4.69, 9.17) is 11.6 Å². The first-order valence-corrected chi connectivity index (χ1v) is 13.0. The highest BCUT2D eigenvalue weighted by molar-refractivity contribution is 6.31. The average Bonchev–Trinajstić information content (AvgIpc) is 3.76. The molecule has 1 atom stereocenters. The molecular weight excluding hydrogens is 592 g/mol. The number of rotatable bonds is 7. The van der Waals surface area contributed by atoms with Crippen molar-refractivity contribution in [2.24, 2.45) is 7.05 Å². The Bertz CT molecular complexity index is 1920. The van der Waals surface area contributed by atoms with Crippen LogP contribution in [0.3, 0.4) is 0 Å². The Kier molecular flexibility index (Phi) is 7.09. The zero-order valence-electron chi connectivity index (χ0n) is 22.1. The van der Waals surface area contributed by atoms with Crippen LogP contribution in [-0.4, -0.2) is 44.8 Å². The second kappa shape index (κ2) is 10.9. The molecule has 43 heavy (non-hydrogen) atoms. The summed E-state index contributed by atoms with van der Waals surface area (Å²) in [6, 6.07) is 9.37. The highest BCUT2D eigenvalue weighted by Gasteiger charge is 2.33. The molecule has 11 nitrogen and oxygen atoms in total. The van der Waals surface area contributed by atoms with Crippen LogP contribution >= 0.6 is 11.6 Å². The van der Waals surface area contributed by atoms with Gasteiger partial charge in [0.05, 0.1) is 33.7 Å². The summed E-state index contributed by atoms with van der Waals surface area (Å²) in [5, 5.41) is 33.2. The molecule has 0 aliphatic heterocycles. The van der Waals surface area contributed by atoms with E-state index in [1.807, 2.05) is 0 Å². The summed E-state index contributed by atoms with van der Waals surface area (Å²) in [5.41, 5.74) is 0.944. The number of nitrogens with zero attached hydrogens (tertiary/aromatic N) is 10. The fourth-order valence-electron chi connectivity index (χ4n) is 4.70. The zero-order valence-corrected chi connectivity index (χ0v) is 22.8. The van der Waals surface area contributed by atoms with Crippen molar-refractivity contribution in [1.82, 2.24) is 44.8 Å². The lowest BCUT2D eigenvalue weighted by molar-refractivity contribution is -0.615. The van der Waals surface area contributed by atoms with Gasteiger partial charge in [-0.2, -0.15) is 32.8 Å². The Balaban J connectivity index is 1.42. The number of hydrogen-bond acceptors (Lipinski definition) is 7. The molecule has 0 radical (unpaired) electrons. The van der Waals surface area contributed by atoms with Gasteiger partial charge < -0.3 is 5.21 Å². The van der Waals surface area contributed by atoms with Gasteiger partial charge in [0, 0.05) is 43.7 Å². The second-order valence-electron chi connectivity index (χ2n) is 9.52. The number of hydrogen-bond donors (Lipinski definition) is 0. The van der Waals surface area contributed by atoms with Crippen LogP contribution in [0.2, 0.25) is 5.02 Å². The Morgan fingerprint density at radius 1 is 1.07 bits per heavy atom. The lowest BCUT2D eigenvalue weighted by Gasteiger charge is -2.18. The van der Waals surface area contributed by atoms with Crippen LogP contribution in [0, 0.1) is 11.0 Å². The van der Waals surface area contributed by atoms with Crippen LogP contribution in [0.15, 0.2) is 79.8 Å². The standard InChI is InChI=1S/C27H19ClF4N10O/c1-39-9-7-19(36-39)11-23(40-13-18(12-35-40)16-6-8-33-24(10-16)27(30,31)32)21-4-2-17(14-42(21)43)25-22(41-15-34-37-38-41)5-3-20(28)26(25)29/h2-10,12-15,23H,11H2,1H3/t23-/m1/s1. The molecule has 6 aromatic rings. The molecule has 0 bridgehead atoms. The topological polar surface area (TPSA) is 119 Å². The molecule has 16 heteroatoms. The maximum Gasteiger partial charge on any atom is 0.433 e. The minimum Gasteiger partial charge on any atom is -0.618 e. The van der Waals surface area contributed by atoms with E-state index in [0.717, 1.165) is 12.3 Å². The van der Waals surface area contributed by atoms with E-state index in [0.29, 0.717) is 16.0 Å². The van der Waals surface area contributed by atoms with Gasteiger partial charge in [0.1, 0.15) is 18.1 Å². The van der Waals surface area contributed by atoms with E-state index >= 15 is 4.39 Å². The van der Waals surface area contributed by atoms with Crippen LogP contribution in [-0.2, 0) is 19.6 Å². The molecule has 0 saturated carbocycles. The first-order chi connectivity index (χ1) is 20.6. The number of benzene rings is 1. The van der Waals surface area contributed by atoms with Crippen molar-refractivity contribution < 1.29 is 22.3 Å². The first kappa shape index (κ1) is 28.0. The maximum atomic E-state index is 15.3. The molecule has 6 rings (SSSR count). The number of pyridine rings is 2. The second-order valence-corrected chi connectivity index (χ2v) is 9.92. The van der Waals surface area contributed by atoms with E-state index in [2.05, 4.69) is 30.7 Å². The van der Waals surface area contributed by atoms with Crippen molar-refractivity contribution in [3.05, 3.63) is 113 Å². The summed E-state index contributed by atoms with van der Waals surface area (Å²) < 4.78 is 60.0. The predicted octanol–water partition coefficient (Wildman–Crippen LogP) is 4.60. The van der Waals surface area contributed by atoms with Gasteiger partial charge in [-0.15, -0.1) is 5.10 Å². The van der Waals surface area contributed by atoms with Crippen molar-refractivity contribution in [3.63, 3.8) is 0 Å². The lowest BCUT2D eigenvalue weighted by Crippen LogP contribution is -2.36. The number of aryl methyl sites for hydroxylation is 1. The van der Waals surface area contributed by atoms with Crippen molar-refractivity contribution >= 4 is 11.6 Å². The Morgan fingerprint density at radius 3 is 2.60 bits per heavy atom. The van der Waals surface area contributed by atoms with Crippen LogP contribution in [0.4, 0.5) is 17.6 Å². The van der Waals surface area contributed by atoms with E-state index in [9.17, 15) is 18.4 Å². The SMILES string of the molecule is Cn1ccc(C[C@H](c2ccc(-c3c(-n4cnnn4)ccc(Cl)c3F)c[n+]2[O-])n2cc(-c3ccnc(C(F)(F)F)c3)cn2)n1. The van der Waals surface area contributed by atoms with E-state index in [-0.39, 0.29) is 39.5 Å². The molecule has 0 unspecified atom stereocenters. The molecule has 5 heterocycles. The number of tetrazole rings is 1.